The van der Waals surface area contributed by atoms with Gasteiger partial charge in [0.05, 0.1) is 7.11 Å². The lowest BCUT2D eigenvalue weighted by Gasteiger charge is -2.07. The van der Waals surface area contributed by atoms with E-state index in [-0.39, 0.29) is 0 Å². The topological polar surface area (TPSA) is 9.23 Å². The van der Waals surface area contributed by atoms with Crippen LogP contribution in [-0.4, -0.2) is 7.11 Å². The molecule has 0 aliphatic carbocycles. The fourth-order valence-corrected chi connectivity index (χ4v) is 1.55. The van der Waals surface area contributed by atoms with Gasteiger partial charge in [-0.25, -0.2) is 0 Å². The van der Waals surface area contributed by atoms with E-state index in [0.717, 1.165) is 16.9 Å². The van der Waals surface area contributed by atoms with Crippen LogP contribution < -0.4 is 4.74 Å². The molecule has 1 nitrogen and oxygen atoms in total. The number of aryl methyl sites for hydroxylation is 1. The fraction of sp³-hybridized carbons (Fsp3) is 0.143. The van der Waals surface area contributed by atoms with Gasteiger partial charge in [0.1, 0.15) is 5.75 Å². The molecule has 0 aliphatic rings. The lowest BCUT2D eigenvalue weighted by molar-refractivity contribution is 0.415. The Bertz CT molecular complexity index is 443. The average Bonchev–Trinajstić information content (AvgIpc) is 2.30. The zero-order valence-corrected chi connectivity index (χ0v) is 8.95. The largest absolute Gasteiger partial charge is 0.495 e. The van der Waals surface area contributed by atoms with Crippen LogP contribution in [0.5, 0.6) is 5.75 Å². The molecule has 0 bridgehead atoms. The number of rotatable bonds is 2. The zero-order chi connectivity index (χ0) is 10.7. The molecular weight excluding hydrogens is 184 g/mol. The van der Waals surface area contributed by atoms with Gasteiger partial charge in [-0.15, -0.1) is 0 Å². The van der Waals surface area contributed by atoms with Crippen LogP contribution >= 0.6 is 0 Å². The Morgan fingerprint density at radius 1 is 1.07 bits per heavy atom. The monoisotopic (exact) mass is 197 g/mol. The highest BCUT2D eigenvalue weighted by atomic mass is 16.5. The van der Waals surface area contributed by atoms with E-state index in [1.165, 1.54) is 5.56 Å². The third-order valence-corrected chi connectivity index (χ3v) is 2.38. The van der Waals surface area contributed by atoms with Crippen molar-refractivity contribution in [2.24, 2.45) is 0 Å². The van der Waals surface area contributed by atoms with Gasteiger partial charge in [0, 0.05) is 11.6 Å². The number of para-hydroxylation sites is 1. The van der Waals surface area contributed by atoms with Crippen molar-refractivity contribution in [3.05, 3.63) is 54.1 Å². The zero-order valence-electron chi connectivity index (χ0n) is 8.95. The van der Waals surface area contributed by atoms with E-state index < -0.39 is 0 Å². The van der Waals surface area contributed by atoms with Gasteiger partial charge in [0.25, 0.3) is 0 Å². The summed E-state index contributed by atoms with van der Waals surface area (Å²) < 4.78 is 5.27. The quantitative estimate of drug-likeness (QED) is 0.716. The van der Waals surface area contributed by atoms with Crippen molar-refractivity contribution in [2.75, 3.05) is 7.11 Å². The highest BCUT2D eigenvalue weighted by Crippen LogP contribution is 2.28. The van der Waals surface area contributed by atoms with E-state index in [1.54, 1.807) is 7.11 Å². The second-order valence-corrected chi connectivity index (χ2v) is 3.48. The highest BCUT2D eigenvalue weighted by molar-refractivity contribution is 5.70. The minimum Gasteiger partial charge on any atom is -0.495 e. The molecule has 0 saturated carbocycles. The molecule has 2 aromatic carbocycles. The van der Waals surface area contributed by atoms with Crippen molar-refractivity contribution < 1.29 is 4.74 Å². The van der Waals surface area contributed by atoms with E-state index in [4.69, 9.17) is 4.74 Å². The summed E-state index contributed by atoms with van der Waals surface area (Å²) in [4.78, 5) is 0. The van der Waals surface area contributed by atoms with Gasteiger partial charge >= 0.3 is 0 Å². The highest BCUT2D eigenvalue weighted by Gasteiger charge is 2.03. The third kappa shape index (κ3) is 2.01. The van der Waals surface area contributed by atoms with Crippen LogP contribution in [0, 0.1) is 13.0 Å². The number of methoxy groups -OCH3 is 1. The summed E-state index contributed by atoms with van der Waals surface area (Å²) in [6.45, 7) is 2.08. The van der Waals surface area contributed by atoms with Gasteiger partial charge in [-0.3, -0.25) is 0 Å². The van der Waals surface area contributed by atoms with Crippen LogP contribution in [-0.2, 0) is 0 Å². The van der Waals surface area contributed by atoms with Crippen molar-refractivity contribution in [3.63, 3.8) is 0 Å². The van der Waals surface area contributed by atoms with Crippen molar-refractivity contribution in [1.29, 1.82) is 0 Å². The van der Waals surface area contributed by atoms with Crippen LogP contribution in [0.2, 0.25) is 0 Å². The molecule has 0 unspecified atom stereocenters. The number of ether oxygens (including phenoxy) is 1. The van der Waals surface area contributed by atoms with Crippen LogP contribution in [0.15, 0.2) is 42.5 Å². The van der Waals surface area contributed by atoms with Crippen molar-refractivity contribution in [3.8, 4) is 16.9 Å². The maximum absolute atomic E-state index is 5.27. The first-order valence-electron chi connectivity index (χ1n) is 4.93. The second kappa shape index (κ2) is 4.18. The molecule has 1 radical (unpaired) electrons. The predicted molar refractivity (Wildman–Crippen MR) is 62.0 cm³/mol. The van der Waals surface area contributed by atoms with Crippen molar-refractivity contribution in [2.45, 2.75) is 6.92 Å². The Morgan fingerprint density at radius 3 is 2.47 bits per heavy atom. The van der Waals surface area contributed by atoms with Crippen molar-refractivity contribution in [1.82, 2.24) is 0 Å². The number of hydrogen-bond donors (Lipinski definition) is 0. The molecule has 0 saturated heterocycles. The van der Waals surface area contributed by atoms with E-state index in [1.807, 2.05) is 18.2 Å². The summed E-state index contributed by atoms with van der Waals surface area (Å²) >= 11 is 0. The lowest BCUT2D eigenvalue weighted by Crippen LogP contribution is -1.87. The number of benzene rings is 2. The molecule has 0 aliphatic heterocycles. The molecule has 0 spiro atoms. The second-order valence-electron chi connectivity index (χ2n) is 3.48. The maximum atomic E-state index is 5.27. The van der Waals surface area contributed by atoms with Crippen LogP contribution in [0.4, 0.5) is 0 Å². The molecule has 0 aromatic heterocycles. The molecule has 0 amide bonds. The Hall–Kier alpha value is -1.76. The summed E-state index contributed by atoms with van der Waals surface area (Å²) in [5.74, 6) is 0.793. The van der Waals surface area contributed by atoms with Crippen LogP contribution in [0.25, 0.3) is 11.1 Å². The first-order valence-corrected chi connectivity index (χ1v) is 4.93. The molecule has 75 valence electrons. The summed E-state index contributed by atoms with van der Waals surface area (Å²) in [7, 11) is 1.67. The Kier molecular flexibility index (Phi) is 2.72. The minimum atomic E-state index is 0.793. The maximum Gasteiger partial charge on any atom is 0.134 e. The average molecular weight is 197 g/mol. The van der Waals surface area contributed by atoms with Gasteiger partial charge in [-0.1, -0.05) is 48.0 Å². The normalized spacial score (nSPS) is 10.0. The van der Waals surface area contributed by atoms with Gasteiger partial charge < -0.3 is 4.74 Å². The van der Waals surface area contributed by atoms with Gasteiger partial charge in [0.15, 0.2) is 0 Å². The summed E-state index contributed by atoms with van der Waals surface area (Å²) in [6, 6.07) is 17.3. The molecular formula is C14H13O. The SMILES string of the molecule is COc1[c]cccc1-c1ccc(C)cc1. The summed E-state index contributed by atoms with van der Waals surface area (Å²) in [5.41, 5.74) is 3.51. The first kappa shape index (κ1) is 9.78. The van der Waals surface area contributed by atoms with E-state index in [0.29, 0.717) is 0 Å². The van der Waals surface area contributed by atoms with Gasteiger partial charge in [0.2, 0.25) is 0 Å². The summed E-state index contributed by atoms with van der Waals surface area (Å²) in [5, 5.41) is 0. The predicted octanol–water partition coefficient (Wildman–Crippen LogP) is 3.47. The molecule has 0 heterocycles. The van der Waals surface area contributed by atoms with Crippen LogP contribution in [0.3, 0.4) is 0 Å². The van der Waals surface area contributed by atoms with E-state index >= 15 is 0 Å². The summed E-state index contributed by atoms with van der Waals surface area (Å²) in [6.07, 6.45) is 0. The smallest absolute Gasteiger partial charge is 0.134 e. The van der Waals surface area contributed by atoms with Gasteiger partial charge in [-0.2, -0.15) is 0 Å². The van der Waals surface area contributed by atoms with Crippen LogP contribution in [0.1, 0.15) is 5.56 Å². The Labute approximate surface area is 90.3 Å². The minimum absolute atomic E-state index is 0.793. The fourth-order valence-electron chi connectivity index (χ4n) is 1.55. The number of hydrogen-bond acceptors (Lipinski definition) is 1. The molecule has 2 rings (SSSR count). The molecule has 0 fully saturated rings. The van der Waals surface area contributed by atoms with E-state index in [2.05, 4.69) is 37.3 Å². The Morgan fingerprint density at radius 2 is 1.80 bits per heavy atom. The van der Waals surface area contributed by atoms with Crippen molar-refractivity contribution >= 4 is 0 Å². The standard InChI is InChI=1S/C14H13O/c1-11-7-9-12(10-8-11)13-5-3-4-6-14(13)15-2/h3-5,7-10H,1-2H3. The third-order valence-electron chi connectivity index (χ3n) is 2.38. The molecule has 2 aromatic rings. The van der Waals surface area contributed by atoms with Gasteiger partial charge in [-0.05, 0) is 12.5 Å². The van der Waals surface area contributed by atoms with E-state index in [9.17, 15) is 0 Å². The molecule has 15 heavy (non-hydrogen) atoms. The molecule has 0 atom stereocenters. The lowest BCUT2D eigenvalue weighted by atomic mass is 10.0. The first-order chi connectivity index (χ1) is 7.31. The molecule has 1 heteroatoms. The Balaban J connectivity index is 2.49. The molecule has 0 N–H and O–H groups in total.